The molecule has 178 valence electrons. The zero-order valence-corrected chi connectivity index (χ0v) is 20.9. The Labute approximate surface area is 206 Å². The van der Waals surface area contributed by atoms with Gasteiger partial charge in [0.2, 0.25) is 0 Å². The Morgan fingerprint density at radius 2 is 1.97 bits per heavy atom. The molecular formula is C21H22Cl2FN3O4S2. The lowest BCUT2D eigenvalue weighted by molar-refractivity contribution is 0.0391. The molecule has 0 spiro atoms. The molecule has 2 heterocycles. The molecule has 1 aliphatic heterocycles. The summed E-state index contributed by atoms with van der Waals surface area (Å²) in [4.78, 5) is 21.8. The number of anilines is 1. The van der Waals surface area contributed by atoms with Crippen LogP contribution in [-0.2, 0) is 14.6 Å². The highest BCUT2D eigenvalue weighted by Crippen LogP contribution is 2.32. The number of halogens is 3. The van der Waals surface area contributed by atoms with Crippen LogP contribution in [0, 0.1) is 5.82 Å². The number of nitrogens with zero attached hydrogens (tertiary/aromatic N) is 3. The van der Waals surface area contributed by atoms with Crippen molar-refractivity contribution in [2.24, 2.45) is 0 Å². The Kier molecular flexibility index (Phi) is 8.31. The van der Waals surface area contributed by atoms with Crippen LogP contribution in [0.5, 0.6) is 0 Å². The first-order chi connectivity index (χ1) is 15.2. The molecule has 0 N–H and O–H groups in total. The second kappa shape index (κ2) is 10.6. The molecule has 3 aromatic rings. The number of aromatic nitrogens is 1. The zero-order chi connectivity index (χ0) is 22.9. The van der Waals surface area contributed by atoms with Crippen LogP contribution in [0.15, 0.2) is 41.3 Å². The third kappa shape index (κ3) is 6.00. The Balaban J connectivity index is 0.00000306. The van der Waals surface area contributed by atoms with Crippen molar-refractivity contribution in [3.63, 3.8) is 0 Å². The summed E-state index contributed by atoms with van der Waals surface area (Å²) in [6, 6.07) is 8.33. The molecule has 12 heteroatoms. The van der Waals surface area contributed by atoms with Crippen LogP contribution in [-0.4, -0.2) is 69.9 Å². The summed E-state index contributed by atoms with van der Waals surface area (Å²) in [5.41, 5.74) is 0.762. The van der Waals surface area contributed by atoms with Crippen LogP contribution in [0.2, 0.25) is 5.02 Å². The minimum atomic E-state index is -3.37. The van der Waals surface area contributed by atoms with Crippen molar-refractivity contribution in [2.75, 3.05) is 50.5 Å². The molecule has 0 aliphatic carbocycles. The van der Waals surface area contributed by atoms with Gasteiger partial charge in [-0.2, -0.15) is 0 Å². The first kappa shape index (κ1) is 25.8. The van der Waals surface area contributed by atoms with Gasteiger partial charge in [0.25, 0.3) is 5.91 Å². The quantitative estimate of drug-likeness (QED) is 0.478. The number of amides is 1. The van der Waals surface area contributed by atoms with Gasteiger partial charge in [-0.1, -0.05) is 22.9 Å². The van der Waals surface area contributed by atoms with Crippen LogP contribution in [0.25, 0.3) is 10.2 Å². The summed E-state index contributed by atoms with van der Waals surface area (Å²) < 4.78 is 43.4. The van der Waals surface area contributed by atoms with Gasteiger partial charge in [0, 0.05) is 32.4 Å². The van der Waals surface area contributed by atoms with Crippen molar-refractivity contribution in [3.05, 3.63) is 52.8 Å². The Hall–Kier alpha value is -1.82. The van der Waals surface area contributed by atoms with E-state index in [2.05, 4.69) is 9.88 Å². The summed E-state index contributed by atoms with van der Waals surface area (Å²) in [6.07, 6.45) is 1.14. The number of ether oxygens (including phenoxy) is 1. The van der Waals surface area contributed by atoms with Crippen LogP contribution >= 0.6 is 35.3 Å². The van der Waals surface area contributed by atoms with Crippen molar-refractivity contribution in [3.8, 4) is 0 Å². The summed E-state index contributed by atoms with van der Waals surface area (Å²) in [5, 5.41) is 0.441. The maximum Gasteiger partial charge on any atom is 0.261 e. The number of hydrogen-bond acceptors (Lipinski definition) is 7. The third-order valence-electron chi connectivity index (χ3n) is 5.16. The summed E-state index contributed by atoms with van der Waals surface area (Å²) in [5.74, 6) is -0.926. The van der Waals surface area contributed by atoms with Gasteiger partial charge in [-0.15, -0.1) is 12.4 Å². The highest BCUT2D eigenvalue weighted by Gasteiger charge is 2.25. The molecule has 7 nitrogen and oxygen atoms in total. The highest BCUT2D eigenvalue weighted by atomic mass is 35.5. The second-order valence-electron chi connectivity index (χ2n) is 7.43. The lowest BCUT2D eigenvalue weighted by Crippen LogP contribution is -2.43. The van der Waals surface area contributed by atoms with E-state index in [0.29, 0.717) is 41.7 Å². The summed E-state index contributed by atoms with van der Waals surface area (Å²) in [6.45, 7) is 3.72. The van der Waals surface area contributed by atoms with E-state index in [1.807, 2.05) is 0 Å². The predicted molar refractivity (Wildman–Crippen MR) is 130 cm³/mol. The van der Waals surface area contributed by atoms with Gasteiger partial charge >= 0.3 is 0 Å². The molecule has 0 bridgehead atoms. The van der Waals surface area contributed by atoms with Crippen molar-refractivity contribution in [1.82, 2.24) is 9.88 Å². The standard InChI is InChI=1S/C21H21ClFN3O4S2.ClH/c1-32(28,29)15-3-5-18-19(13-15)31-21(24-18)26(7-6-25-8-10-30-11-9-25)20(27)16-4-2-14(23)12-17(16)22;/h2-5,12-13H,6-11H2,1H3;1H. The van der Waals surface area contributed by atoms with Gasteiger partial charge in [0.1, 0.15) is 5.82 Å². The number of carbonyl (C=O) groups excluding carboxylic acids is 1. The van der Waals surface area contributed by atoms with Gasteiger partial charge < -0.3 is 4.74 Å². The predicted octanol–water partition coefficient (Wildman–Crippen LogP) is 3.89. The number of fused-ring (bicyclic) bond motifs is 1. The highest BCUT2D eigenvalue weighted by molar-refractivity contribution is 7.90. The fraction of sp³-hybridized carbons (Fsp3) is 0.333. The Morgan fingerprint density at radius 3 is 2.64 bits per heavy atom. The number of carbonyl (C=O) groups is 1. The van der Waals surface area contributed by atoms with E-state index in [4.69, 9.17) is 16.3 Å². The number of sulfone groups is 1. The molecule has 1 aliphatic rings. The molecule has 1 fully saturated rings. The monoisotopic (exact) mass is 533 g/mol. The van der Waals surface area contributed by atoms with E-state index < -0.39 is 21.6 Å². The SMILES string of the molecule is CS(=O)(=O)c1ccc2nc(N(CCN3CCOCC3)C(=O)c3ccc(F)cc3Cl)sc2c1.Cl. The van der Waals surface area contributed by atoms with Crippen LogP contribution in [0.1, 0.15) is 10.4 Å². The lowest BCUT2D eigenvalue weighted by atomic mass is 10.2. The number of thiazole rings is 1. The topological polar surface area (TPSA) is 79.8 Å². The van der Waals surface area contributed by atoms with Crippen LogP contribution < -0.4 is 4.90 Å². The van der Waals surface area contributed by atoms with E-state index in [-0.39, 0.29) is 27.9 Å². The average Bonchev–Trinajstić information content (AvgIpc) is 3.17. The molecule has 33 heavy (non-hydrogen) atoms. The third-order valence-corrected chi connectivity index (χ3v) is 7.62. The van der Waals surface area contributed by atoms with Crippen molar-refractivity contribution < 1.29 is 22.3 Å². The molecule has 0 unspecified atom stereocenters. The minimum absolute atomic E-state index is 0. The zero-order valence-electron chi connectivity index (χ0n) is 17.7. The van der Waals surface area contributed by atoms with Crippen LogP contribution in [0.4, 0.5) is 9.52 Å². The normalized spacial score (nSPS) is 14.8. The molecule has 0 atom stereocenters. The minimum Gasteiger partial charge on any atom is -0.379 e. The molecular weight excluding hydrogens is 512 g/mol. The van der Waals surface area contributed by atoms with Gasteiger partial charge in [-0.3, -0.25) is 14.6 Å². The van der Waals surface area contributed by atoms with E-state index >= 15 is 0 Å². The average molecular weight is 534 g/mol. The lowest BCUT2D eigenvalue weighted by Gasteiger charge is -2.29. The van der Waals surface area contributed by atoms with Gasteiger partial charge in [0.15, 0.2) is 15.0 Å². The summed E-state index contributed by atoms with van der Waals surface area (Å²) >= 11 is 7.38. The van der Waals surface area contributed by atoms with Crippen molar-refractivity contribution >= 4 is 66.4 Å². The van der Waals surface area contributed by atoms with E-state index in [9.17, 15) is 17.6 Å². The molecule has 0 radical (unpaired) electrons. The van der Waals surface area contributed by atoms with E-state index in [1.54, 1.807) is 12.1 Å². The largest absolute Gasteiger partial charge is 0.379 e. The number of benzene rings is 2. The Morgan fingerprint density at radius 1 is 1.24 bits per heavy atom. The van der Waals surface area contributed by atoms with Gasteiger partial charge in [0.05, 0.1) is 38.9 Å². The molecule has 4 rings (SSSR count). The number of rotatable bonds is 6. The number of morpholine rings is 1. The fourth-order valence-corrected chi connectivity index (χ4v) is 5.40. The van der Waals surface area contributed by atoms with E-state index in [0.717, 1.165) is 25.4 Å². The van der Waals surface area contributed by atoms with Crippen molar-refractivity contribution in [1.29, 1.82) is 0 Å². The van der Waals surface area contributed by atoms with E-state index in [1.165, 1.54) is 34.4 Å². The smallest absolute Gasteiger partial charge is 0.261 e. The number of hydrogen-bond donors (Lipinski definition) is 0. The molecule has 1 saturated heterocycles. The summed E-state index contributed by atoms with van der Waals surface area (Å²) in [7, 11) is -3.37. The first-order valence-electron chi connectivity index (χ1n) is 9.90. The van der Waals surface area contributed by atoms with Gasteiger partial charge in [-0.25, -0.2) is 17.8 Å². The molecule has 1 amide bonds. The van der Waals surface area contributed by atoms with Gasteiger partial charge in [-0.05, 0) is 36.4 Å². The Bertz CT molecular complexity index is 1260. The maximum absolute atomic E-state index is 13.5. The second-order valence-corrected chi connectivity index (χ2v) is 10.9. The molecule has 2 aromatic carbocycles. The fourth-order valence-electron chi connectivity index (χ4n) is 3.40. The first-order valence-corrected chi connectivity index (χ1v) is 13.0. The molecule has 0 saturated carbocycles. The van der Waals surface area contributed by atoms with Crippen LogP contribution in [0.3, 0.4) is 0 Å². The maximum atomic E-state index is 13.5. The van der Waals surface area contributed by atoms with Crippen molar-refractivity contribution in [2.45, 2.75) is 4.90 Å². The molecule has 1 aromatic heterocycles.